The Labute approximate surface area is 119 Å². The Hall–Kier alpha value is -2.42. The summed E-state index contributed by atoms with van der Waals surface area (Å²) >= 11 is 0. The minimum Gasteiger partial charge on any atom is -0.454 e. The second-order valence-corrected chi connectivity index (χ2v) is 4.90. The van der Waals surface area contributed by atoms with Crippen molar-refractivity contribution in [3.05, 3.63) is 59.7 Å². The molecule has 2 aromatic rings. The summed E-state index contributed by atoms with van der Waals surface area (Å²) in [5.74, 6) is 1.62. The number of benzene rings is 2. The molecule has 1 heterocycles. The maximum absolute atomic E-state index is 5.45. The van der Waals surface area contributed by atoms with Gasteiger partial charge in [0.25, 0.3) is 0 Å². The molecule has 0 radical (unpaired) electrons. The number of rotatable bonds is 3. The van der Waals surface area contributed by atoms with Crippen LogP contribution in [0.1, 0.15) is 11.1 Å². The normalized spacial score (nSPS) is 13.4. The van der Waals surface area contributed by atoms with Crippen LogP contribution >= 0.6 is 0 Å². The average molecular weight is 267 g/mol. The standard InChI is InChI=1S/C17H17NO2/c1-18(2)15(10-13-6-4-3-5-7-13)14-8-9-16-17(11-14)20-12-19-16/h3-11H,12H2,1-2H3/b15-10+. The zero-order chi connectivity index (χ0) is 13.9. The highest BCUT2D eigenvalue weighted by atomic mass is 16.7. The first-order chi connectivity index (χ1) is 9.74. The molecule has 0 fully saturated rings. The van der Waals surface area contributed by atoms with E-state index in [1.165, 1.54) is 5.56 Å². The number of hydrogen-bond acceptors (Lipinski definition) is 3. The Kier molecular flexibility index (Phi) is 3.33. The van der Waals surface area contributed by atoms with Gasteiger partial charge in [-0.1, -0.05) is 30.3 Å². The highest BCUT2D eigenvalue weighted by Crippen LogP contribution is 2.35. The summed E-state index contributed by atoms with van der Waals surface area (Å²) in [5, 5.41) is 0. The number of ether oxygens (including phenoxy) is 2. The predicted octanol–water partition coefficient (Wildman–Crippen LogP) is 3.48. The summed E-state index contributed by atoms with van der Waals surface area (Å²) in [5.41, 5.74) is 3.42. The van der Waals surface area contributed by atoms with E-state index in [-0.39, 0.29) is 0 Å². The van der Waals surface area contributed by atoms with Crippen molar-refractivity contribution in [2.24, 2.45) is 0 Å². The maximum Gasteiger partial charge on any atom is 0.231 e. The summed E-state index contributed by atoms with van der Waals surface area (Å²) in [6, 6.07) is 16.3. The lowest BCUT2D eigenvalue weighted by molar-refractivity contribution is 0.174. The van der Waals surface area contributed by atoms with Gasteiger partial charge in [0.05, 0.1) is 0 Å². The molecule has 0 spiro atoms. The van der Waals surface area contributed by atoms with Crippen molar-refractivity contribution in [1.29, 1.82) is 0 Å². The average Bonchev–Trinajstić information content (AvgIpc) is 2.93. The van der Waals surface area contributed by atoms with Crippen molar-refractivity contribution in [3.8, 4) is 11.5 Å². The Morgan fingerprint density at radius 1 is 1.00 bits per heavy atom. The second-order valence-electron chi connectivity index (χ2n) is 4.90. The zero-order valence-corrected chi connectivity index (χ0v) is 11.7. The van der Waals surface area contributed by atoms with Gasteiger partial charge in [-0.2, -0.15) is 0 Å². The van der Waals surface area contributed by atoms with Crippen LogP contribution < -0.4 is 9.47 Å². The first-order valence-corrected chi connectivity index (χ1v) is 6.58. The van der Waals surface area contributed by atoms with Gasteiger partial charge in [0, 0.05) is 25.4 Å². The van der Waals surface area contributed by atoms with Gasteiger partial charge < -0.3 is 14.4 Å². The molecular weight excluding hydrogens is 250 g/mol. The molecule has 1 aliphatic rings. The first-order valence-electron chi connectivity index (χ1n) is 6.58. The van der Waals surface area contributed by atoms with Crippen LogP contribution in [0.4, 0.5) is 0 Å². The molecule has 0 unspecified atom stereocenters. The molecule has 0 atom stereocenters. The van der Waals surface area contributed by atoms with Crippen molar-refractivity contribution < 1.29 is 9.47 Å². The fourth-order valence-corrected chi connectivity index (χ4v) is 2.23. The highest BCUT2D eigenvalue weighted by Gasteiger charge is 2.15. The molecule has 102 valence electrons. The summed E-state index contributed by atoms with van der Waals surface area (Å²) in [4.78, 5) is 2.10. The molecule has 0 amide bonds. The lowest BCUT2D eigenvalue weighted by Crippen LogP contribution is -2.09. The Bertz CT molecular complexity index is 633. The van der Waals surface area contributed by atoms with Gasteiger partial charge in [-0.15, -0.1) is 0 Å². The second kappa shape index (κ2) is 5.29. The first kappa shape index (κ1) is 12.6. The molecule has 20 heavy (non-hydrogen) atoms. The van der Waals surface area contributed by atoms with Gasteiger partial charge in [0.15, 0.2) is 11.5 Å². The van der Waals surface area contributed by atoms with Gasteiger partial charge in [0.1, 0.15) is 0 Å². The molecule has 1 aliphatic heterocycles. The van der Waals surface area contributed by atoms with E-state index in [0.717, 1.165) is 22.8 Å². The third kappa shape index (κ3) is 2.48. The van der Waals surface area contributed by atoms with E-state index in [0.29, 0.717) is 6.79 Å². The smallest absolute Gasteiger partial charge is 0.231 e. The summed E-state index contributed by atoms with van der Waals surface area (Å²) in [7, 11) is 4.08. The number of hydrogen-bond donors (Lipinski definition) is 0. The highest BCUT2D eigenvalue weighted by molar-refractivity contribution is 5.81. The maximum atomic E-state index is 5.45. The molecule has 0 saturated carbocycles. The van der Waals surface area contributed by atoms with Gasteiger partial charge in [-0.25, -0.2) is 0 Å². The molecule has 0 bridgehead atoms. The van der Waals surface area contributed by atoms with Crippen molar-refractivity contribution in [2.45, 2.75) is 0 Å². The quantitative estimate of drug-likeness (QED) is 0.795. The van der Waals surface area contributed by atoms with Crippen molar-refractivity contribution in [1.82, 2.24) is 4.90 Å². The van der Waals surface area contributed by atoms with E-state index in [2.05, 4.69) is 29.2 Å². The predicted molar refractivity (Wildman–Crippen MR) is 80.6 cm³/mol. The topological polar surface area (TPSA) is 21.7 Å². The van der Waals surface area contributed by atoms with Gasteiger partial charge in [-0.3, -0.25) is 0 Å². The van der Waals surface area contributed by atoms with Crippen LogP contribution in [0.5, 0.6) is 11.5 Å². The van der Waals surface area contributed by atoms with E-state index in [4.69, 9.17) is 9.47 Å². The third-order valence-corrected chi connectivity index (χ3v) is 3.25. The summed E-state index contributed by atoms with van der Waals surface area (Å²) < 4.78 is 10.8. The lowest BCUT2D eigenvalue weighted by atomic mass is 10.1. The van der Waals surface area contributed by atoms with Crippen LogP contribution in [-0.2, 0) is 0 Å². The van der Waals surface area contributed by atoms with Gasteiger partial charge >= 0.3 is 0 Å². The number of fused-ring (bicyclic) bond motifs is 1. The molecule has 0 saturated heterocycles. The zero-order valence-electron chi connectivity index (χ0n) is 11.7. The molecule has 0 N–H and O–H groups in total. The van der Waals surface area contributed by atoms with Crippen LogP contribution in [0, 0.1) is 0 Å². The Morgan fingerprint density at radius 3 is 2.50 bits per heavy atom. The van der Waals surface area contributed by atoms with Gasteiger partial charge in [0.2, 0.25) is 6.79 Å². The van der Waals surface area contributed by atoms with E-state index in [1.54, 1.807) is 0 Å². The van der Waals surface area contributed by atoms with Crippen LogP contribution in [0.3, 0.4) is 0 Å². The van der Waals surface area contributed by atoms with Crippen LogP contribution in [0.15, 0.2) is 48.5 Å². The van der Waals surface area contributed by atoms with Gasteiger partial charge in [-0.05, 0) is 29.8 Å². The molecular formula is C17H17NO2. The molecule has 3 nitrogen and oxygen atoms in total. The Balaban J connectivity index is 2.01. The largest absolute Gasteiger partial charge is 0.454 e. The molecule has 0 aliphatic carbocycles. The van der Waals surface area contributed by atoms with Crippen LogP contribution in [0.25, 0.3) is 11.8 Å². The molecule has 3 rings (SSSR count). The molecule has 0 aromatic heterocycles. The molecule has 2 aromatic carbocycles. The fraction of sp³-hybridized carbons (Fsp3) is 0.176. The van der Waals surface area contributed by atoms with Crippen molar-refractivity contribution in [3.63, 3.8) is 0 Å². The fourth-order valence-electron chi connectivity index (χ4n) is 2.23. The third-order valence-electron chi connectivity index (χ3n) is 3.25. The minimum atomic E-state index is 0.304. The van der Waals surface area contributed by atoms with Crippen LogP contribution in [-0.4, -0.2) is 25.8 Å². The van der Waals surface area contributed by atoms with E-state index in [1.807, 2.05) is 44.4 Å². The van der Waals surface area contributed by atoms with E-state index < -0.39 is 0 Å². The van der Waals surface area contributed by atoms with E-state index >= 15 is 0 Å². The number of nitrogens with zero attached hydrogens (tertiary/aromatic N) is 1. The Morgan fingerprint density at radius 2 is 1.75 bits per heavy atom. The SMILES string of the molecule is CN(C)/C(=C/c1ccccc1)c1ccc2c(c1)OCO2. The molecule has 3 heteroatoms. The monoisotopic (exact) mass is 267 g/mol. The van der Waals surface area contributed by atoms with Crippen molar-refractivity contribution in [2.75, 3.05) is 20.9 Å². The van der Waals surface area contributed by atoms with E-state index in [9.17, 15) is 0 Å². The lowest BCUT2D eigenvalue weighted by Gasteiger charge is -2.18. The minimum absolute atomic E-state index is 0.304. The van der Waals surface area contributed by atoms with Crippen molar-refractivity contribution >= 4 is 11.8 Å². The van der Waals surface area contributed by atoms with Crippen LogP contribution in [0.2, 0.25) is 0 Å². The summed E-state index contributed by atoms with van der Waals surface area (Å²) in [6.45, 7) is 0.304. The summed E-state index contributed by atoms with van der Waals surface area (Å²) in [6.07, 6.45) is 2.16.